The fourth-order valence-electron chi connectivity index (χ4n) is 3.04. The van der Waals surface area contributed by atoms with Crippen molar-refractivity contribution < 1.29 is 23.8 Å². The predicted octanol–water partition coefficient (Wildman–Crippen LogP) is 4.08. The second-order valence-electron chi connectivity index (χ2n) is 7.83. The molecule has 0 aliphatic rings. The molecule has 0 spiro atoms. The molecule has 0 aromatic heterocycles. The van der Waals surface area contributed by atoms with Gasteiger partial charge in [0.1, 0.15) is 17.5 Å². The van der Waals surface area contributed by atoms with Crippen molar-refractivity contribution in [2.45, 2.75) is 45.9 Å². The van der Waals surface area contributed by atoms with E-state index < -0.39 is 6.04 Å². The fraction of sp³-hybridized carbons (Fsp3) is 0.440. The van der Waals surface area contributed by atoms with Crippen LogP contribution < -0.4 is 14.8 Å². The molecular formula is C25H33ClN2O5. The Hall–Kier alpha value is -2.77. The lowest BCUT2D eigenvalue weighted by Gasteiger charge is -2.29. The lowest BCUT2D eigenvalue weighted by Crippen LogP contribution is -2.49. The highest BCUT2D eigenvalue weighted by atomic mass is 35.5. The molecule has 0 unspecified atom stereocenters. The van der Waals surface area contributed by atoms with E-state index in [9.17, 15) is 9.59 Å². The molecule has 0 aliphatic carbocycles. The molecule has 0 aliphatic heterocycles. The van der Waals surface area contributed by atoms with E-state index in [-0.39, 0.29) is 31.1 Å². The first-order valence-electron chi connectivity index (χ1n) is 11.0. The SMILES string of the molecule is COc1ccc(CN(C(=O)COc2ccccc2Cl)[C@H](C)C(=O)NCCCOC(C)C)cc1. The van der Waals surface area contributed by atoms with Crippen molar-refractivity contribution >= 4 is 23.4 Å². The molecule has 2 aromatic rings. The van der Waals surface area contributed by atoms with E-state index in [2.05, 4.69) is 5.32 Å². The fourth-order valence-corrected chi connectivity index (χ4v) is 3.24. The van der Waals surface area contributed by atoms with Crippen LogP contribution in [0.3, 0.4) is 0 Å². The van der Waals surface area contributed by atoms with Gasteiger partial charge in [0.25, 0.3) is 5.91 Å². The summed E-state index contributed by atoms with van der Waals surface area (Å²) >= 11 is 6.12. The third kappa shape index (κ3) is 8.94. The highest BCUT2D eigenvalue weighted by Crippen LogP contribution is 2.23. The number of hydrogen-bond donors (Lipinski definition) is 1. The van der Waals surface area contributed by atoms with E-state index >= 15 is 0 Å². The minimum Gasteiger partial charge on any atom is -0.497 e. The molecule has 33 heavy (non-hydrogen) atoms. The van der Waals surface area contributed by atoms with Gasteiger partial charge in [0.15, 0.2) is 6.61 Å². The van der Waals surface area contributed by atoms with Gasteiger partial charge in [0.05, 0.1) is 18.2 Å². The van der Waals surface area contributed by atoms with Gasteiger partial charge >= 0.3 is 0 Å². The number of benzene rings is 2. The van der Waals surface area contributed by atoms with Crippen molar-refractivity contribution in [1.29, 1.82) is 0 Å². The van der Waals surface area contributed by atoms with Gasteiger partial charge in [-0.3, -0.25) is 9.59 Å². The van der Waals surface area contributed by atoms with Crippen LogP contribution in [-0.4, -0.2) is 55.7 Å². The average Bonchev–Trinajstić information content (AvgIpc) is 2.81. The molecule has 2 amide bonds. The molecule has 2 aromatic carbocycles. The van der Waals surface area contributed by atoms with Gasteiger partial charge in [-0.05, 0) is 57.0 Å². The first-order chi connectivity index (χ1) is 15.8. The van der Waals surface area contributed by atoms with Crippen molar-refractivity contribution in [1.82, 2.24) is 10.2 Å². The lowest BCUT2D eigenvalue weighted by molar-refractivity contribution is -0.142. The van der Waals surface area contributed by atoms with Crippen molar-refractivity contribution in [2.24, 2.45) is 0 Å². The zero-order chi connectivity index (χ0) is 24.2. The van der Waals surface area contributed by atoms with Crippen LogP contribution in [0.15, 0.2) is 48.5 Å². The van der Waals surface area contributed by atoms with Gasteiger partial charge in [-0.25, -0.2) is 0 Å². The second-order valence-corrected chi connectivity index (χ2v) is 8.24. The lowest BCUT2D eigenvalue weighted by atomic mass is 10.1. The molecular weight excluding hydrogens is 444 g/mol. The number of nitrogens with zero attached hydrogens (tertiary/aromatic N) is 1. The Balaban J connectivity index is 2.05. The van der Waals surface area contributed by atoms with E-state index in [0.29, 0.717) is 36.1 Å². The number of halogens is 1. The Kier molecular flexibility index (Phi) is 11.0. The smallest absolute Gasteiger partial charge is 0.261 e. The number of nitrogens with one attached hydrogen (secondary N) is 1. The van der Waals surface area contributed by atoms with Gasteiger partial charge in [-0.15, -0.1) is 0 Å². The van der Waals surface area contributed by atoms with Crippen LogP contribution in [0.25, 0.3) is 0 Å². The Morgan fingerprint density at radius 2 is 1.76 bits per heavy atom. The number of carbonyl (C=O) groups is 2. The molecule has 0 heterocycles. The standard InChI is InChI=1S/C25H33ClN2O5/c1-18(2)32-15-7-14-27-25(30)19(3)28(16-20-10-12-21(31-4)13-11-20)24(29)17-33-23-9-6-5-8-22(23)26/h5-6,8-13,18-19H,7,14-17H2,1-4H3,(H,27,30)/t19-/m1/s1. The minimum absolute atomic E-state index is 0.148. The molecule has 8 heteroatoms. The maximum atomic E-state index is 13.1. The number of methoxy groups -OCH3 is 1. The molecule has 1 N–H and O–H groups in total. The zero-order valence-electron chi connectivity index (χ0n) is 19.7. The molecule has 0 bridgehead atoms. The maximum Gasteiger partial charge on any atom is 0.261 e. The predicted molar refractivity (Wildman–Crippen MR) is 129 cm³/mol. The monoisotopic (exact) mass is 476 g/mol. The van der Waals surface area contributed by atoms with Gasteiger partial charge in [0.2, 0.25) is 5.91 Å². The summed E-state index contributed by atoms with van der Waals surface area (Å²) < 4.78 is 16.3. The van der Waals surface area contributed by atoms with Gasteiger partial charge in [-0.1, -0.05) is 35.9 Å². The van der Waals surface area contributed by atoms with Gasteiger partial charge in [-0.2, -0.15) is 0 Å². The van der Waals surface area contributed by atoms with Crippen molar-refractivity contribution in [2.75, 3.05) is 26.9 Å². The Morgan fingerprint density at radius 3 is 2.39 bits per heavy atom. The third-order valence-corrected chi connectivity index (χ3v) is 5.25. The van der Waals surface area contributed by atoms with Crippen molar-refractivity contribution in [3.63, 3.8) is 0 Å². The van der Waals surface area contributed by atoms with E-state index in [1.54, 1.807) is 38.3 Å². The highest BCUT2D eigenvalue weighted by molar-refractivity contribution is 6.32. The van der Waals surface area contributed by atoms with Crippen LogP contribution in [-0.2, 0) is 20.9 Å². The summed E-state index contributed by atoms with van der Waals surface area (Å²) in [6, 6.07) is 13.6. The molecule has 0 saturated heterocycles. The zero-order valence-corrected chi connectivity index (χ0v) is 20.4. The molecule has 7 nitrogen and oxygen atoms in total. The minimum atomic E-state index is -0.694. The summed E-state index contributed by atoms with van der Waals surface area (Å²) in [7, 11) is 1.59. The van der Waals surface area contributed by atoms with Crippen LogP contribution in [0.4, 0.5) is 0 Å². The summed E-state index contributed by atoms with van der Waals surface area (Å²) in [6.45, 7) is 6.68. The largest absolute Gasteiger partial charge is 0.497 e. The Morgan fingerprint density at radius 1 is 1.06 bits per heavy atom. The summed E-state index contributed by atoms with van der Waals surface area (Å²) in [5, 5.41) is 3.30. The van der Waals surface area contributed by atoms with E-state index in [1.807, 2.05) is 38.1 Å². The number of rotatable bonds is 13. The van der Waals surface area contributed by atoms with Crippen molar-refractivity contribution in [3.05, 3.63) is 59.1 Å². The summed E-state index contributed by atoms with van der Waals surface area (Å²) in [5.74, 6) is 0.572. The van der Waals surface area contributed by atoms with Crippen LogP contribution in [0.1, 0.15) is 32.8 Å². The summed E-state index contributed by atoms with van der Waals surface area (Å²) in [4.78, 5) is 27.4. The molecule has 0 fully saturated rings. The quantitative estimate of drug-likeness (QED) is 0.441. The van der Waals surface area contributed by atoms with E-state index in [0.717, 1.165) is 5.56 Å². The van der Waals surface area contributed by atoms with Gasteiger partial charge < -0.3 is 24.4 Å². The average molecular weight is 477 g/mol. The Bertz CT molecular complexity index is 889. The molecule has 0 radical (unpaired) electrons. The number of ether oxygens (including phenoxy) is 3. The van der Waals surface area contributed by atoms with Crippen LogP contribution >= 0.6 is 11.6 Å². The highest BCUT2D eigenvalue weighted by Gasteiger charge is 2.26. The van der Waals surface area contributed by atoms with Crippen molar-refractivity contribution in [3.8, 4) is 11.5 Å². The van der Waals surface area contributed by atoms with Gasteiger partial charge in [0, 0.05) is 19.7 Å². The first kappa shape index (κ1) is 26.5. The molecule has 0 saturated carbocycles. The summed E-state index contributed by atoms with van der Waals surface area (Å²) in [5.41, 5.74) is 0.867. The topological polar surface area (TPSA) is 77.1 Å². The van der Waals surface area contributed by atoms with Crippen LogP contribution in [0, 0.1) is 0 Å². The molecule has 180 valence electrons. The normalized spacial score (nSPS) is 11.7. The summed E-state index contributed by atoms with van der Waals surface area (Å²) in [6.07, 6.45) is 0.842. The Labute approximate surface area is 201 Å². The van der Waals surface area contributed by atoms with Crippen LogP contribution in [0.5, 0.6) is 11.5 Å². The number of hydrogen-bond acceptors (Lipinski definition) is 5. The molecule has 2 rings (SSSR count). The third-order valence-electron chi connectivity index (χ3n) is 4.94. The second kappa shape index (κ2) is 13.7. The maximum absolute atomic E-state index is 13.1. The number of para-hydroxylation sites is 1. The van der Waals surface area contributed by atoms with E-state index in [1.165, 1.54) is 4.90 Å². The van der Waals surface area contributed by atoms with E-state index in [4.69, 9.17) is 25.8 Å². The molecule has 1 atom stereocenters. The van der Waals surface area contributed by atoms with Crippen LogP contribution in [0.2, 0.25) is 5.02 Å². The number of amides is 2. The number of carbonyl (C=O) groups excluding carboxylic acids is 2. The first-order valence-corrected chi connectivity index (χ1v) is 11.4.